The van der Waals surface area contributed by atoms with Crippen LogP contribution in [-0.4, -0.2) is 21.3 Å². The number of rotatable bonds is 4. The van der Waals surface area contributed by atoms with Crippen LogP contribution in [0.25, 0.3) is 0 Å². The Morgan fingerprint density at radius 1 is 1.43 bits per heavy atom. The Balaban J connectivity index is 0.000000791. The predicted molar refractivity (Wildman–Crippen MR) is 60.2 cm³/mol. The highest BCUT2D eigenvalue weighted by atomic mass is 15.4. The van der Waals surface area contributed by atoms with Crippen molar-refractivity contribution in [3.63, 3.8) is 0 Å². The molecule has 0 saturated heterocycles. The Bertz CT molecular complexity index is 243. The molecule has 0 radical (unpaired) electrons. The van der Waals surface area contributed by atoms with E-state index in [9.17, 15) is 0 Å². The molecule has 1 aromatic rings. The van der Waals surface area contributed by atoms with E-state index < -0.39 is 0 Å². The Morgan fingerprint density at radius 3 is 2.50 bits per heavy atom. The third-order valence-corrected chi connectivity index (χ3v) is 1.59. The maximum Gasteiger partial charge on any atom is 0.241 e. The molecule has 0 spiro atoms. The van der Waals surface area contributed by atoms with E-state index in [1.54, 1.807) is 4.68 Å². The molecule has 0 atom stereocenters. The lowest BCUT2D eigenvalue weighted by Gasteiger charge is -2.01. The van der Waals surface area contributed by atoms with Gasteiger partial charge in [-0.3, -0.25) is 0 Å². The Hall–Kier alpha value is -1.26. The summed E-state index contributed by atoms with van der Waals surface area (Å²) in [5.41, 5.74) is 5.40. The number of unbranched alkanes of at least 4 members (excludes halogenated alkanes) is 1. The second-order valence-electron chi connectivity index (χ2n) is 2.70. The molecular weight excluding hydrogens is 178 g/mol. The summed E-state index contributed by atoms with van der Waals surface area (Å²) in [6.45, 7) is 7.06. The van der Waals surface area contributed by atoms with Crippen LogP contribution < -0.4 is 11.1 Å². The SMILES string of the molecule is CC.CCCCNc1nc(N)nn1C. The van der Waals surface area contributed by atoms with Gasteiger partial charge in [-0.25, -0.2) is 4.68 Å². The zero-order valence-corrected chi connectivity index (χ0v) is 9.54. The molecule has 1 rings (SSSR count). The number of hydrogen-bond acceptors (Lipinski definition) is 4. The van der Waals surface area contributed by atoms with Crippen molar-refractivity contribution in [1.82, 2.24) is 14.8 Å². The van der Waals surface area contributed by atoms with E-state index in [0.29, 0.717) is 5.95 Å². The van der Waals surface area contributed by atoms with E-state index in [1.165, 1.54) is 6.42 Å². The third kappa shape index (κ3) is 4.11. The first-order valence-electron chi connectivity index (χ1n) is 5.14. The smallest absolute Gasteiger partial charge is 0.241 e. The standard InChI is InChI=1S/C7H15N5.C2H6/c1-3-4-5-9-7-10-6(8)11-12(7)2;1-2/h3-5H2,1-2H3,(H3,8,9,10,11);1-2H3. The normalized spacial score (nSPS) is 9.14. The van der Waals surface area contributed by atoms with Crippen LogP contribution in [0.5, 0.6) is 0 Å². The lowest BCUT2D eigenvalue weighted by atomic mass is 10.3. The van der Waals surface area contributed by atoms with Crippen molar-refractivity contribution in [1.29, 1.82) is 0 Å². The average Bonchev–Trinajstić information content (AvgIpc) is 2.49. The first-order chi connectivity index (χ1) is 6.74. The Labute approximate surface area is 85.7 Å². The predicted octanol–water partition coefficient (Wildman–Crippen LogP) is 1.64. The minimum absolute atomic E-state index is 0.316. The van der Waals surface area contributed by atoms with Gasteiger partial charge in [0, 0.05) is 13.6 Å². The van der Waals surface area contributed by atoms with E-state index >= 15 is 0 Å². The first-order valence-corrected chi connectivity index (χ1v) is 5.14. The van der Waals surface area contributed by atoms with Crippen LogP contribution in [0.15, 0.2) is 0 Å². The van der Waals surface area contributed by atoms with Crippen molar-refractivity contribution in [2.24, 2.45) is 7.05 Å². The summed E-state index contributed by atoms with van der Waals surface area (Å²) in [7, 11) is 1.82. The molecule has 5 nitrogen and oxygen atoms in total. The first kappa shape index (κ1) is 12.7. The van der Waals surface area contributed by atoms with Crippen LogP contribution in [0.1, 0.15) is 33.6 Å². The molecule has 0 unspecified atom stereocenters. The minimum atomic E-state index is 0.316. The molecule has 0 fully saturated rings. The summed E-state index contributed by atoms with van der Waals surface area (Å²) in [5, 5.41) is 7.05. The summed E-state index contributed by atoms with van der Waals surface area (Å²) in [6.07, 6.45) is 2.30. The summed E-state index contributed by atoms with van der Waals surface area (Å²) < 4.78 is 1.64. The summed E-state index contributed by atoms with van der Waals surface area (Å²) >= 11 is 0. The highest BCUT2D eigenvalue weighted by molar-refractivity contribution is 5.31. The van der Waals surface area contributed by atoms with E-state index in [2.05, 4.69) is 22.3 Å². The van der Waals surface area contributed by atoms with Crippen molar-refractivity contribution < 1.29 is 0 Å². The van der Waals surface area contributed by atoms with Gasteiger partial charge >= 0.3 is 0 Å². The quantitative estimate of drug-likeness (QED) is 0.723. The number of anilines is 2. The monoisotopic (exact) mass is 199 g/mol. The largest absolute Gasteiger partial charge is 0.366 e. The van der Waals surface area contributed by atoms with Crippen molar-refractivity contribution in [2.75, 3.05) is 17.6 Å². The van der Waals surface area contributed by atoms with Crippen molar-refractivity contribution >= 4 is 11.9 Å². The molecule has 3 N–H and O–H groups in total. The maximum absolute atomic E-state index is 5.40. The van der Waals surface area contributed by atoms with Crippen LogP contribution in [0.3, 0.4) is 0 Å². The molecule has 0 aromatic carbocycles. The molecule has 1 heterocycles. The molecule has 14 heavy (non-hydrogen) atoms. The fourth-order valence-corrected chi connectivity index (χ4v) is 0.935. The van der Waals surface area contributed by atoms with Gasteiger partial charge in [-0.15, -0.1) is 5.10 Å². The van der Waals surface area contributed by atoms with E-state index in [-0.39, 0.29) is 0 Å². The lowest BCUT2D eigenvalue weighted by molar-refractivity contribution is 0.756. The zero-order valence-electron chi connectivity index (χ0n) is 9.54. The Kier molecular flexibility index (Phi) is 6.53. The van der Waals surface area contributed by atoms with Gasteiger partial charge in [0.25, 0.3) is 0 Å². The van der Waals surface area contributed by atoms with Gasteiger partial charge in [0.15, 0.2) is 0 Å². The summed E-state index contributed by atoms with van der Waals surface area (Å²) in [4.78, 5) is 4.00. The molecular formula is C9H21N5. The molecule has 0 bridgehead atoms. The highest BCUT2D eigenvalue weighted by Gasteiger charge is 2.01. The van der Waals surface area contributed by atoms with Crippen LogP contribution in [-0.2, 0) is 7.05 Å². The average molecular weight is 199 g/mol. The van der Waals surface area contributed by atoms with Crippen molar-refractivity contribution in [3.05, 3.63) is 0 Å². The topological polar surface area (TPSA) is 68.8 Å². The van der Waals surface area contributed by atoms with Crippen molar-refractivity contribution in [3.8, 4) is 0 Å². The number of aromatic nitrogens is 3. The number of nitrogens with one attached hydrogen (secondary N) is 1. The van der Waals surface area contributed by atoms with E-state index in [0.717, 1.165) is 18.9 Å². The zero-order chi connectivity index (χ0) is 11.0. The minimum Gasteiger partial charge on any atom is -0.366 e. The van der Waals surface area contributed by atoms with E-state index in [4.69, 9.17) is 5.73 Å². The van der Waals surface area contributed by atoms with Crippen molar-refractivity contribution in [2.45, 2.75) is 33.6 Å². The molecule has 0 aliphatic rings. The molecule has 82 valence electrons. The number of nitrogen functional groups attached to an aromatic ring is 1. The van der Waals surface area contributed by atoms with Crippen LogP contribution in [0.4, 0.5) is 11.9 Å². The van der Waals surface area contributed by atoms with Gasteiger partial charge in [-0.1, -0.05) is 27.2 Å². The second-order valence-corrected chi connectivity index (χ2v) is 2.70. The van der Waals surface area contributed by atoms with Gasteiger partial charge in [0.2, 0.25) is 11.9 Å². The molecule has 0 saturated carbocycles. The van der Waals surface area contributed by atoms with Gasteiger partial charge in [0.05, 0.1) is 0 Å². The highest BCUT2D eigenvalue weighted by Crippen LogP contribution is 2.03. The van der Waals surface area contributed by atoms with Crippen LogP contribution in [0, 0.1) is 0 Å². The molecule has 0 aliphatic carbocycles. The molecule has 5 heteroatoms. The van der Waals surface area contributed by atoms with Crippen LogP contribution >= 0.6 is 0 Å². The van der Waals surface area contributed by atoms with Gasteiger partial charge < -0.3 is 11.1 Å². The Morgan fingerprint density at radius 2 is 2.07 bits per heavy atom. The van der Waals surface area contributed by atoms with Crippen LogP contribution in [0.2, 0.25) is 0 Å². The fourth-order valence-electron chi connectivity index (χ4n) is 0.935. The molecule has 0 amide bonds. The van der Waals surface area contributed by atoms with E-state index in [1.807, 2.05) is 20.9 Å². The molecule has 1 aromatic heterocycles. The number of aryl methyl sites for hydroxylation is 1. The summed E-state index contributed by atoms with van der Waals surface area (Å²) in [5.74, 6) is 1.05. The number of nitrogens with zero attached hydrogens (tertiary/aromatic N) is 3. The third-order valence-electron chi connectivity index (χ3n) is 1.59. The maximum atomic E-state index is 5.40. The summed E-state index contributed by atoms with van der Waals surface area (Å²) in [6, 6.07) is 0. The van der Waals surface area contributed by atoms with Gasteiger partial charge in [-0.2, -0.15) is 4.98 Å². The fraction of sp³-hybridized carbons (Fsp3) is 0.778. The molecule has 0 aliphatic heterocycles. The number of nitrogens with two attached hydrogens (primary N) is 1. The lowest BCUT2D eigenvalue weighted by Crippen LogP contribution is -2.06. The van der Waals surface area contributed by atoms with Gasteiger partial charge in [-0.05, 0) is 6.42 Å². The second kappa shape index (κ2) is 7.17. The number of hydrogen-bond donors (Lipinski definition) is 2. The van der Waals surface area contributed by atoms with Gasteiger partial charge in [0.1, 0.15) is 0 Å².